The molecule has 1 N–H and O–H groups in total. The SMILES string of the molecule is CCOC(=O)NCc1cc(C)c(C)cc1C. The van der Waals surface area contributed by atoms with E-state index >= 15 is 0 Å². The van der Waals surface area contributed by atoms with Gasteiger partial charge >= 0.3 is 6.09 Å². The summed E-state index contributed by atoms with van der Waals surface area (Å²) in [5.74, 6) is 0. The number of amides is 1. The van der Waals surface area contributed by atoms with Crippen LogP contribution in [0.15, 0.2) is 12.1 Å². The lowest BCUT2D eigenvalue weighted by atomic mass is 10.0. The van der Waals surface area contributed by atoms with E-state index in [9.17, 15) is 4.79 Å². The van der Waals surface area contributed by atoms with Crippen LogP contribution < -0.4 is 5.32 Å². The fourth-order valence-electron chi connectivity index (χ4n) is 1.56. The zero-order chi connectivity index (χ0) is 12.1. The van der Waals surface area contributed by atoms with Gasteiger partial charge in [-0.25, -0.2) is 4.79 Å². The van der Waals surface area contributed by atoms with Crippen LogP contribution in [0.4, 0.5) is 4.79 Å². The molecule has 0 aliphatic rings. The van der Waals surface area contributed by atoms with Crippen molar-refractivity contribution in [2.45, 2.75) is 34.2 Å². The second-order valence-corrected chi connectivity index (χ2v) is 3.94. The third-order valence-electron chi connectivity index (χ3n) is 2.65. The van der Waals surface area contributed by atoms with E-state index in [1.807, 2.05) is 0 Å². The minimum Gasteiger partial charge on any atom is -0.450 e. The largest absolute Gasteiger partial charge is 0.450 e. The molecule has 0 aliphatic heterocycles. The van der Waals surface area contributed by atoms with Crippen LogP contribution in [0.25, 0.3) is 0 Å². The smallest absolute Gasteiger partial charge is 0.407 e. The van der Waals surface area contributed by atoms with Crippen LogP contribution in [-0.4, -0.2) is 12.7 Å². The molecule has 1 aromatic carbocycles. The van der Waals surface area contributed by atoms with Crippen molar-refractivity contribution in [3.05, 3.63) is 34.4 Å². The highest BCUT2D eigenvalue weighted by Crippen LogP contribution is 2.14. The van der Waals surface area contributed by atoms with E-state index in [0.717, 1.165) is 5.56 Å². The van der Waals surface area contributed by atoms with Crippen molar-refractivity contribution in [2.75, 3.05) is 6.61 Å². The summed E-state index contributed by atoms with van der Waals surface area (Å²) in [7, 11) is 0. The molecule has 1 amide bonds. The molecule has 16 heavy (non-hydrogen) atoms. The number of aryl methyl sites for hydroxylation is 3. The maximum Gasteiger partial charge on any atom is 0.407 e. The van der Waals surface area contributed by atoms with Gasteiger partial charge in [-0.15, -0.1) is 0 Å². The first-order valence-corrected chi connectivity index (χ1v) is 5.52. The average molecular weight is 221 g/mol. The van der Waals surface area contributed by atoms with Gasteiger partial charge in [0, 0.05) is 6.54 Å². The lowest BCUT2D eigenvalue weighted by Crippen LogP contribution is -2.24. The summed E-state index contributed by atoms with van der Waals surface area (Å²) in [6, 6.07) is 4.24. The van der Waals surface area contributed by atoms with Gasteiger partial charge in [-0.05, 0) is 49.9 Å². The number of carbonyl (C=O) groups excluding carboxylic acids is 1. The number of rotatable bonds is 3. The number of hydrogen-bond donors (Lipinski definition) is 1. The van der Waals surface area contributed by atoms with Gasteiger partial charge < -0.3 is 10.1 Å². The molecule has 0 atom stereocenters. The van der Waals surface area contributed by atoms with Gasteiger partial charge in [-0.2, -0.15) is 0 Å². The lowest BCUT2D eigenvalue weighted by molar-refractivity contribution is 0.151. The Hall–Kier alpha value is -1.51. The van der Waals surface area contributed by atoms with Crippen molar-refractivity contribution in [3.8, 4) is 0 Å². The van der Waals surface area contributed by atoms with Crippen LogP contribution in [-0.2, 0) is 11.3 Å². The molecule has 1 rings (SSSR count). The molecule has 0 bridgehead atoms. The summed E-state index contributed by atoms with van der Waals surface area (Å²) in [5, 5.41) is 2.73. The van der Waals surface area contributed by atoms with E-state index in [0.29, 0.717) is 13.2 Å². The van der Waals surface area contributed by atoms with Crippen molar-refractivity contribution in [3.63, 3.8) is 0 Å². The summed E-state index contributed by atoms with van der Waals surface area (Å²) < 4.78 is 4.81. The number of benzene rings is 1. The van der Waals surface area contributed by atoms with Gasteiger partial charge in [0.15, 0.2) is 0 Å². The monoisotopic (exact) mass is 221 g/mol. The lowest BCUT2D eigenvalue weighted by Gasteiger charge is -2.10. The predicted molar refractivity (Wildman–Crippen MR) is 64.5 cm³/mol. The molecule has 0 saturated carbocycles. The highest BCUT2D eigenvalue weighted by Gasteiger charge is 2.04. The van der Waals surface area contributed by atoms with Crippen molar-refractivity contribution < 1.29 is 9.53 Å². The Balaban J connectivity index is 2.67. The molecule has 0 aromatic heterocycles. The van der Waals surface area contributed by atoms with E-state index in [4.69, 9.17) is 4.74 Å². The van der Waals surface area contributed by atoms with Crippen LogP contribution in [0, 0.1) is 20.8 Å². The highest BCUT2D eigenvalue weighted by molar-refractivity contribution is 5.67. The van der Waals surface area contributed by atoms with Gasteiger partial charge in [0.25, 0.3) is 0 Å². The minimum atomic E-state index is -0.361. The maximum atomic E-state index is 11.1. The predicted octanol–water partition coefficient (Wildman–Crippen LogP) is 2.86. The molecule has 88 valence electrons. The number of hydrogen-bond acceptors (Lipinski definition) is 2. The Labute approximate surface area is 96.8 Å². The second-order valence-electron chi connectivity index (χ2n) is 3.94. The molecular weight excluding hydrogens is 202 g/mol. The number of carbonyl (C=O) groups is 1. The molecule has 0 radical (unpaired) electrons. The first-order chi connectivity index (χ1) is 7.54. The molecule has 0 spiro atoms. The van der Waals surface area contributed by atoms with Crippen molar-refractivity contribution in [1.82, 2.24) is 5.32 Å². The third kappa shape index (κ3) is 3.26. The Morgan fingerprint density at radius 3 is 2.44 bits per heavy atom. The van der Waals surface area contributed by atoms with Gasteiger partial charge in [0.1, 0.15) is 0 Å². The van der Waals surface area contributed by atoms with E-state index in [2.05, 4.69) is 38.2 Å². The van der Waals surface area contributed by atoms with Crippen LogP contribution in [0.1, 0.15) is 29.2 Å². The fraction of sp³-hybridized carbons (Fsp3) is 0.462. The molecule has 0 heterocycles. The van der Waals surface area contributed by atoms with Crippen LogP contribution in [0.2, 0.25) is 0 Å². The topological polar surface area (TPSA) is 38.3 Å². The molecule has 0 aliphatic carbocycles. The Kier molecular flexibility index (Phi) is 4.35. The van der Waals surface area contributed by atoms with Crippen molar-refractivity contribution in [1.29, 1.82) is 0 Å². The first kappa shape index (κ1) is 12.6. The molecule has 0 saturated heterocycles. The molecule has 0 fully saturated rings. The normalized spacial score (nSPS) is 10.0. The van der Waals surface area contributed by atoms with Gasteiger partial charge in [0.05, 0.1) is 6.61 Å². The zero-order valence-corrected chi connectivity index (χ0v) is 10.4. The Morgan fingerprint density at radius 1 is 1.19 bits per heavy atom. The maximum absolute atomic E-state index is 11.1. The van der Waals surface area contributed by atoms with Crippen LogP contribution >= 0.6 is 0 Å². The Bertz CT molecular complexity index is 386. The first-order valence-electron chi connectivity index (χ1n) is 5.52. The van der Waals surface area contributed by atoms with Crippen LogP contribution in [0.5, 0.6) is 0 Å². The summed E-state index contributed by atoms with van der Waals surface area (Å²) in [6.45, 7) is 8.92. The standard InChI is InChI=1S/C13H19NO2/c1-5-16-13(15)14-8-12-7-10(3)9(2)6-11(12)4/h6-7H,5,8H2,1-4H3,(H,14,15). The molecule has 1 aromatic rings. The van der Waals surface area contributed by atoms with E-state index < -0.39 is 0 Å². The summed E-state index contributed by atoms with van der Waals surface area (Å²) in [5.41, 5.74) is 4.85. The molecular formula is C13H19NO2. The summed E-state index contributed by atoms with van der Waals surface area (Å²) in [4.78, 5) is 11.1. The highest BCUT2D eigenvalue weighted by atomic mass is 16.5. The van der Waals surface area contributed by atoms with Crippen molar-refractivity contribution >= 4 is 6.09 Å². The molecule has 3 nitrogen and oxygen atoms in total. The number of alkyl carbamates (subject to hydrolysis) is 1. The third-order valence-corrected chi connectivity index (χ3v) is 2.65. The van der Waals surface area contributed by atoms with Crippen LogP contribution in [0.3, 0.4) is 0 Å². The quantitative estimate of drug-likeness (QED) is 0.852. The number of nitrogens with one attached hydrogen (secondary N) is 1. The van der Waals surface area contributed by atoms with E-state index in [1.54, 1.807) is 6.92 Å². The van der Waals surface area contributed by atoms with E-state index in [1.165, 1.54) is 16.7 Å². The molecule has 3 heteroatoms. The Morgan fingerprint density at radius 2 is 1.81 bits per heavy atom. The average Bonchev–Trinajstić information content (AvgIpc) is 2.22. The zero-order valence-electron chi connectivity index (χ0n) is 10.4. The number of ether oxygens (including phenoxy) is 1. The van der Waals surface area contributed by atoms with Gasteiger partial charge in [-0.1, -0.05) is 12.1 Å². The van der Waals surface area contributed by atoms with Gasteiger partial charge in [-0.3, -0.25) is 0 Å². The second kappa shape index (κ2) is 5.54. The minimum absolute atomic E-state index is 0.361. The molecule has 0 unspecified atom stereocenters. The van der Waals surface area contributed by atoms with Crippen molar-refractivity contribution in [2.24, 2.45) is 0 Å². The summed E-state index contributed by atoms with van der Waals surface area (Å²) in [6.07, 6.45) is -0.361. The fourth-order valence-corrected chi connectivity index (χ4v) is 1.56. The summed E-state index contributed by atoms with van der Waals surface area (Å²) >= 11 is 0. The van der Waals surface area contributed by atoms with Gasteiger partial charge in [0.2, 0.25) is 0 Å². The van der Waals surface area contributed by atoms with E-state index in [-0.39, 0.29) is 6.09 Å².